The molecule has 25 heavy (non-hydrogen) atoms. The highest BCUT2D eigenvalue weighted by molar-refractivity contribution is 5.80. The number of nitrogens with zero attached hydrogens (tertiary/aromatic N) is 4. The van der Waals surface area contributed by atoms with Crippen LogP contribution in [0.15, 0.2) is 47.7 Å². The zero-order valence-electron chi connectivity index (χ0n) is 15.5. The topological polar surface area (TPSA) is 45.5 Å². The first-order valence-electron chi connectivity index (χ1n) is 9.17. The van der Waals surface area contributed by atoms with Crippen LogP contribution < -0.4 is 5.32 Å². The minimum Gasteiger partial charge on any atom is -0.354 e. The number of benzene rings is 1. The van der Waals surface area contributed by atoms with E-state index in [0.29, 0.717) is 11.8 Å². The largest absolute Gasteiger partial charge is 0.354 e. The number of likely N-dealkylation sites (tertiary alicyclic amines) is 1. The molecule has 3 rings (SSSR count). The Balaban J connectivity index is 1.52. The van der Waals surface area contributed by atoms with Crippen molar-refractivity contribution in [2.75, 3.05) is 26.7 Å². The van der Waals surface area contributed by atoms with Gasteiger partial charge in [-0.1, -0.05) is 37.3 Å². The quantitative estimate of drug-likeness (QED) is 0.688. The molecule has 1 aliphatic heterocycles. The van der Waals surface area contributed by atoms with Crippen molar-refractivity contribution in [3.63, 3.8) is 0 Å². The third-order valence-corrected chi connectivity index (χ3v) is 5.03. The second-order valence-electron chi connectivity index (χ2n) is 6.98. The second kappa shape index (κ2) is 8.19. The number of aliphatic imine (C=N–C) groups is 1. The van der Waals surface area contributed by atoms with Crippen LogP contribution in [0, 0.1) is 12.8 Å². The molecule has 134 valence electrons. The molecule has 1 saturated heterocycles. The Labute approximate surface area is 150 Å². The van der Waals surface area contributed by atoms with Crippen LogP contribution in [0.2, 0.25) is 0 Å². The molecule has 1 aromatic carbocycles. The maximum Gasteiger partial charge on any atom is 0.193 e. The number of nitrogens with one attached hydrogen (secondary N) is 1. The molecule has 0 bridgehead atoms. The molecule has 0 aliphatic carbocycles. The van der Waals surface area contributed by atoms with Crippen molar-refractivity contribution >= 4 is 5.96 Å². The zero-order chi connectivity index (χ0) is 17.6. The first-order valence-corrected chi connectivity index (χ1v) is 9.17. The molecule has 5 heteroatoms. The fourth-order valence-electron chi connectivity index (χ4n) is 3.74. The van der Waals surface area contributed by atoms with E-state index in [4.69, 9.17) is 0 Å². The van der Waals surface area contributed by atoms with Gasteiger partial charge in [0, 0.05) is 32.9 Å². The van der Waals surface area contributed by atoms with Crippen LogP contribution in [-0.4, -0.2) is 47.3 Å². The summed E-state index contributed by atoms with van der Waals surface area (Å²) in [5, 5.41) is 7.82. The van der Waals surface area contributed by atoms with E-state index in [-0.39, 0.29) is 0 Å². The molecule has 1 fully saturated rings. The maximum absolute atomic E-state index is 4.48. The van der Waals surface area contributed by atoms with E-state index in [9.17, 15) is 0 Å². The molecule has 0 saturated carbocycles. The molecular formula is C20H29N5. The van der Waals surface area contributed by atoms with Crippen molar-refractivity contribution in [1.29, 1.82) is 0 Å². The van der Waals surface area contributed by atoms with Gasteiger partial charge in [0.2, 0.25) is 0 Å². The van der Waals surface area contributed by atoms with Crippen LogP contribution in [0.1, 0.15) is 30.4 Å². The molecule has 2 aromatic rings. The summed E-state index contributed by atoms with van der Waals surface area (Å²) < 4.78 is 1.97. The number of piperidine rings is 1. The summed E-state index contributed by atoms with van der Waals surface area (Å²) in [5.41, 5.74) is 2.66. The average Bonchev–Trinajstić information content (AvgIpc) is 3.04. The molecule has 0 spiro atoms. The van der Waals surface area contributed by atoms with Gasteiger partial charge < -0.3 is 10.2 Å². The molecule has 0 amide bonds. The van der Waals surface area contributed by atoms with Crippen molar-refractivity contribution in [3.8, 4) is 0 Å². The normalized spacial score (nSPS) is 21.4. The third-order valence-electron chi connectivity index (χ3n) is 5.03. The van der Waals surface area contributed by atoms with E-state index in [2.05, 4.69) is 70.7 Å². The van der Waals surface area contributed by atoms with E-state index < -0.39 is 0 Å². The maximum atomic E-state index is 4.48. The Morgan fingerprint density at radius 2 is 2.12 bits per heavy atom. The van der Waals surface area contributed by atoms with Gasteiger partial charge in [0.05, 0.1) is 12.7 Å². The average molecular weight is 339 g/mol. The summed E-state index contributed by atoms with van der Waals surface area (Å²) in [6, 6.07) is 10.9. The van der Waals surface area contributed by atoms with Gasteiger partial charge in [-0.3, -0.25) is 9.67 Å². The second-order valence-corrected chi connectivity index (χ2v) is 6.98. The van der Waals surface area contributed by atoms with E-state index in [1.807, 2.05) is 17.9 Å². The lowest BCUT2D eigenvalue weighted by molar-refractivity contribution is 0.234. The Morgan fingerprint density at radius 3 is 2.76 bits per heavy atom. The standard InChI is InChI=1S/C20H29N5/c1-16-13-23-25(14-16)12-10-22-20(21-3)24-11-9-19(17(2)15-24)18-7-5-4-6-8-18/h4-8,13-14,17,19H,9-12,15H2,1-3H3,(H,21,22). The van der Waals surface area contributed by atoms with Gasteiger partial charge in [0.25, 0.3) is 0 Å². The third kappa shape index (κ3) is 4.41. The Hall–Kier alpha value is -2.30. The number of hydrogen-bond acceptors (Lipinski definition) is 2. The Kier molecular flexibility index (Phi) is 5.74. The van der Waals surface area contributed by atoms with Crippen LogP contribution in [0.5, 0.6) is 0 Å². The molecule has 0 radical (unpaired) electrons. The lowest BCUT2D eigenvalue weighted by atomic mass is 9.82. The monoisotopic (exact) mass is 339 g/mol. The van der Waals surface area contributed by atoms with Gasteiger partial charge in [-0.2, -0.15) is 5.10 Å². The van der Waals surface area contributed by atoms with Crippen molar-refractivity contribution < 1.29 is 0 Å². The summed E-state index contributed by atoms with van der Waals surface area (Å²) in [6.45, 7) is 8.19. The zero-order valence-corrected chi connectivity index (χ0v) is 15.5. The van der Waals surface area contributed by atoms with Crippen molar-refractivity contribution in [1.82, 2.24) is 20.0 Å². The van der Waals surface area contributed by atoms with Gasteiger partial charge >= 0.3 is 0 Å². The van der Waals surface area contributed by atoms with Gasteiger partial charge in [-0.15, -0.1) is 0 Å². The van der Waals surface area contributed by atoms with E-state index >= 15 is 0 Å². The summed E-state index contributed by atoms with van der Waals surface area (Å²) >= 11 is 0. The summed E-state index contributed by atoms with van der Waals surface area (Å²) in [4.78, 5) is 6.87. The highest BCUT2D eigenvalue weighted by Crippen LogP contribution is 2.32. The number of hydrogen-bond donors (Lipinski definition) is 1. The molecular weight excluding hydrogens is 310 g/mol. The Morgan fingerprint density at radius 1 is 1.32 bits per heavy atom. The van der Waals surface area contributed by atoms with Crippen LogP contribution in [0.25, 0.3) is 0 Å². The highest BCUT2D eigenvalue weighted by atomic mass is 15.3. The molecule has 2 atom stereocenters. The smallest absolute Gasteiger partial charge is 0.193 e. The van der Waals surface area contributed by atoms with Crippen LogP contribution in [-0.2, 0) is 6.54 Å². The van der Waals surface area contributed by atoms with Crippen LogP contribution in [0.3, 0.4) is 0 Å². The summed E-state index contributed by atoms with van der Waals surface area (Å²) in [6.07, 6.45) is 5.13. The summed E-state index contributed by atoms with van der Waals surface area (Å²) in [5.74, 6) is 2.26. The Bertz CT molecular complexity index is 691. The van der Waals surface area contributed by atoms with Gasteiger partial charge in [0.1, 0.15) is 0 Å². The predicted octanol–water partition coefficient (Wildman–Crippen LogP) is 2.89. The minimum atomic E-state index is 0.614. The number of aromatic nitrogens is 2. The van der Waals surface area contributed by atoms with E-state index in [1.54, 1.807) is 0 Å². The first-order chi connectivity index (χ1) is 12.2. The van der Waals surface area contributed by atoms with Crippen molar-refractivity contribution in [3.05, 3.63) is 53.9 Å². The predicted molar refractivity (Wildman–Crippen MR) is 103 cm³/mol. The molecule has 1 N–H and O–H groups in total. The van der Waals surface area contributed by atoms with Crippen LogP contribution in [0.4, 0.5) is 0 Å². The number of guanidine groups is 1. The fraction of sp³-hybridized carbons (Fsp3) is 0.500. The minimum absolute atomic E-state index is 0.614. The number of rotatable bonds is 4. The van der Waals surface area contributed by atoms with Crippen molar-refractivity contribution in [2.24, 2.45) is 10.9 Å². The lowest BCUT2D eigenvalue weighted by Crippen LogP contribution is -2.48. The van der Waals surface area contributed by atoms with E-state index in [1.165, 1.54) is 17.5 Å². The number of aryl methyl sites for hydroxylation is 1. The van der Waals surface area contributed by atoms with Gasteiger partial charge in [-0.25, -0.2) is 0 Å². The molecule has 1 aromatic heterocycles. The van der Waals surface area contributed by atoms with Crippen LogP contribution >= 0.6 is 0 Å². The molecule has 5 nitrogen and oxygen atoms in total. The van der Waals surface area contributed by atoms with E-state index in [0.717, 1.165) is 32.1 Å². The van der Waals surface area contributed by atoms with Gasteiger partial charge in [0.15, 0.2) is 5.96 Å². The summed E-state index contributed by atoms with van der Waals surface area (Å²) in [7, 11) is 1.87. The van der Waals surface area contributed by atoms with Crippen molar-refractivity contribution in [2.45, 2.75) is 32.7 Å². The highest BCUT2D eigenvalue weighted by Gasteiger charge is 2.28. The fourth-order valence-corrected chi connectivity index (χ4v) is 3.74. The molecule has 2 heterocycles. The SMILES string of the molecule is CN=C(NCCn1cc(C)cn1)N1CCC(c2ccccc2)C(C)C1. The van der Waals surface area contributed by atoms with Gasteiger partial charge in [-0.05, 0) is 36.3 Å². The first kappa shape index (κ1) is 17.5. The molecule has 2 unspecified atom stereocenters. The lowest BCUT2D eigenvalue weighted by Gasteiger charge is -2.39. The molecule has 1 aliphatic rings.